The van der Waals surface area contributed by atoms with Crippen molar-refractivity contribution in [2.24, 2.45) is 15.9 Å². The number of hydrogen-bond acceptors (Lipinski definition) is 4. The molecule has 2 unspecified atom stereocenters. The highest BCUT2D eigenvalue weighted by atomic mass is 16.5. The smallest absolute Gasteiger partial charge is 0.160 e. The average Bonchev–Trinajstić information content (AvgIpc) is 3.66. The van der Waals surface area contributed by atoms with Crippen molar-refractivity contribution in [1.82, 2.24) is 0 Å². The Morgan fingerprint density at radius 1 is 0.756 bits per heavy atom. The number of benzene rings is 5. The summed E-state index contributed by atoms with van der Waals surface area (Å²) in [6, 6.07) is 39.8. The van der Waals surface area contributed by atoms with Crippen LogP contribution < -0.4 is 4.74 Å². The van der Waals surface area contributed by atoms with Crippen LogP contribution in [0.1, 0.15) is 52.6 Å². The van der Waals surface area contributed by atoms with Crippen molar-refractivity contribution in [2.75, 3.05) is 0 Å². The summed E-state index contributed by atoms with van der Waals surface area (Å²) in [4.78, 5) is 10.7. The van der Waals surface area contributed by atoms with Gasteiger partial charge in [0.2, 0.25) is 0 Å². The lowest BCUT2D eigenvalue weighted by Crippen LogP contribution is -2.21. The number of ether oxygens (including phenoxy) is 1. The normalized spacial score (nSPS) is 20.3. The first-order chi connectivity index (χ1) is 22.2. The highest BCUT2D eigenvalue weighted by Gasteiger charge is 2.40. The van der Waals surface area contributed by atoms with Crippen molar-refractivity contribution in [3.8, 4) is 5.75 Å². The summed E-state index contributed by atoms with van der Waals surface area (Å²) in [5.41, 5.74) is 10.4. The first kappa shape index (κ1) is 26.0. The molecule has 3 aliphatic rings. The second-order valence-electron chi connectivity index (χ2n) is 12.1. The maximum absolute atomic E-state index is 6.78. The Kier molecular flexibility index (Phi) is 5.95. The summed E-state index contributed by atoms with van der Waals surface area (Å²) in [5, 5.41) is 2.18. The van der Waals surface area contributed by atoms with E-state index in [0.29, 0.717) is 5.84 Å². The highest BCUT2D eigenvalue weighted by molar-refractivity contribution is 6.17. The summed E-state index contributed by atoms with van der Waals surface area (Å²) in [6.07, 6.45) is 7.42. The number of hydrogen-bond donors (Lipinski definition) is 0. The minimum Gasteiger partial charge on any atom is -0.485 e. The van der Waals surface area contributed by atoms with E-state index in [-0.39, 0.29) is 17.9 Å². The van der Waals surface area contributed by atoms with E-state index in [2.05, 4.69) is 104 Å². The fraction of sp³-hybridized carbons (Fsp3) is 0.122. The van der Waals surface area contributed by atoms with E-state index in [1.807, 2.05) is 36.4 Å². The van der Waals surface area contributed by atoms with Crippen molar-refractivity contribution in [2.45, 2.75) is 25.4 Å². The zero-order valence-electron chi connectivity index (χ0n) is 24.9. The number of fused-ring (bicyclic) bond motifs is 9. The summed E-state index contributed by atoms with van der Waals surface area (Å²) < 4.78 is 13.2. The number of amidine groups is 1. The molecule has 0 bridgehead atoms. The van der Waals surface area contributed by atoms with Gasteiger partial charge in [-0.05, 0) is 41.8 Å². The molecule has 4 heteroatoms. The monoisotopic (exact) mass is 582 g/mol. The van der Waals surface area contributed by atoms with Crippen LogP contribution in [0.4, 0.5) is 0 Å². The molecule has 0 radical (unpaired) electrons. The minimum absolute atomic E-state index is 0.0612. The van der Waals surface area contributed by atoms with Gasteiger partial charge < -0.3 is 9.15 Å². The highest BCUT2D eigenvalue weighted by Crippen LogP contribution is 2.51. The van der Waals surface area contributed by atoms with E-state index in [0.717, 1.165) is 67.8 Å². The van der Waals surface area contributed by atoms with Gasteiger partial charge in [-0.1, -0.05) is 116 Å². The van der Waals surface area contributed by atoms with E-state index >= 15 is 0 Å². The lowest BCUT2D eigenvalue weighted by molar-refractivity contribution is 0.267. The molecule has 0 fully saturated rings. The Labute approximate surface area is 261 Å². The Balaban J connectivity index is 1.31. The second kappa shape index (κ2) is 10.3. The Bertz CT molecular complexity index is 2240. The van der Waals surface area contributed by atoms with E-state index in [4.69, 9.17) is 19.1 Å². The Morgan fingerprint density at radius 2 is 1.49 bits per heavy atom. The molecular weight excluding hydrogens is 552 g/mol. The van der Waals surface area contributed by atoms with Gasteiger partial charge in [0.1, 0.15) is 23.0 Å². The second-order valence-corrected chi connectivity index (χ2v) is 12.1. The van der Waals surface area contributed by atoms with E-state index in [1.54, 1.807) is 0 Å². The summed E-state index contributed by atoms with van der Waals surface area (Å²) in [5.74, 6) is 1.91. The molecule has 0 N–H and O–H groups in total. The van der Waals surface area contributed by atoms with Gasteiger partial charge in [-0.25, -0.2) is 9.98 Å². The van der Waals surface area contributed by atoms with Crippen LogP contribution in [0.2, 0.25) is 0 Å². The quantitative estimate of drug-likeness (QED) is 0.209. The predicted molar refractivity (Wildman–Crippen MR) is 183 cm³/mol. The third-order valence-corrected chi connectivity index (χ3v) is 9.30. The predicted octanol–water partition coefficient (Wildman–Crippen LogP) is 9.82. The third-order valence-electron chi connectivity index (χ3n) is 9.30. The number of nitrogens with zero attached hydrogens (tertiary/aromatic N) is 2. The van der Waals surface area contributed by atoms with Crippen LogP contribution in [0.15, 0.2) is 142 Å². The minimum atomic E-state index is -0.0629. The van der Waals surface area contributed by atoms with Crippen LogP contribution in [0.25, 0.3) is 33.7 Å². The molecule has 0 saturated heterocycles. The molecule has 0 amide bonds. The van der Waals surface area contributed by atoms with Gasteiger partial charge in [0.05, 0.1) is 17.3 Å². The van der Waals surface area contributed by atoms with Gasteiger partial charge in [-0.3, -0.25) is 0 Å². The maximum atomic E-state index is 6.78. The zero-order chi connectivity index (χ0) is 29.9. The molecular formula is C41H30N2O2. The summed E-state index contributed by atoms with van der Waals surface area (Å²) >= 11 is 0. The molecule has 216 valence electrons. The average molecular weight is 583 g/mol. The van der Waals surface area contributed by atoms with Crippen LogP contribution in [0.3, 0.4) is 0 Å². The van der Waals surface area contributed by atoms with Gasteiger partial charge in [0.15, 0.2) is 5.84 Å². The van der Waals surface area contributed by atoms with Gasteiger partial charge in [0, 0.05) is 38.9 Å². The van der Waals surface area contributed by atoms with Crippen LogP contribution in [0, 0.1) is 5.92 Å². The van der Waals surface area contributed by atoms with Gasteiger partial charge in [0.25, 0.3) is 0 Å². The van der Waals surface area contributed by atoms with E-state index < -0.39 is 0 Å². The van der Waals surface area contributed by atoms with E-state index in [9.17, 15) is 0 Å². The van der Waals surface area contributed by atoms with Crippen molar-refractivity contribution in [3.63, 3.8) is 0 Å². The lowest BCUT2D eigenvalue weighted by Gasteiger charge is -2.24. The standard InChI is InChI=1S/C41H30N2O2/c1-25-20-22-32(42-41(27-14-6-3-7-15-27)43-39(25)26-12-4-2-5-13-26)31-24-28-21-23-35-38(30-17-9-10-18-33(30)44-35)36(28)40-37(31)29-16-8-11-19-34(29)45-40/h2-19,21-25,35,38H,20H2,1H3/t25-,35?,38?/m1/s1. The maximum Gasteiger partial charge on any atom is 0.160 e. The number of allylic oxidation sites excluding steroid dienone is 1. The molecule has 4 nitrogen and oxygen atoms in total. The SMILES string of the molecule is C[C@@H]1CC=C(c2cc3c(c4oc5ccccc5c24)C2c4ccccc4OC2C=C3)N=C(c2ccccc2)N=C1c1ccccc1. The molecule has 0 saturated carbocycles. The number of aliphatic imine (C=N–C) groups is 2. The zero-order valence-corrected chi connectivity index (χ0v) is 24.9. The molecule has 9 rings (SSSR count). The van der Waals surface area contributed by atoms with Crippen LogP contribution >= 0.6 is 0 Å². The number of rotatable bonds is 3. The molecule has 6 aromatic rings. The molecule has 0 spiro atoms. The molecule has 2 aliphatic heterocycles. The fourth-order valence-corrected chi connectivity index (χ4v) is 7.16. The number of furan rings is 1. The topological polar surface area (TPSA) is 47.1 Å². The summed E-state index contributed by atoms with van der Waals surface area (Å²) in [7, 11) is 0. The van der Waals surface area contributed by atoms with E-state index in [1.165, 1.54) is 11.1 Å². The largest absolute Gasteiger partial charge is 0.485 e. The van der Waals surface area contributed by atoms with Crippen LogP contribution in [-0.4, -0.2) is 17.7 Å². The van der Waals surface area contributed by atoms with Crippen molar-refractivity contribution < 1.29 is 9.15 Å². The fourth-order valence-electron chi connectivity index (χ4n) is 7.16. The first-order valence-electron chi connectivity index (χ1n) is 15.6. The molecule has 1 aromatic heterocycles. The van der Waals surface area contributed by atoms with Crippen molar-refractivity contribution >= 4 is 45.3 Å². The first-order valence-corrected chi connectivity index (χ1v) is 15.6. The molecule has 45 heavy (non-hydrogen) atoms. The third kappa shape index (κ3) is 4.21. The van der Waals surface area contributed by atoms with Crippen LogP contribution in [0.5, 0.6) is 5.75 Å². The molecule has 3 atom stereocenters. The Morgan fingerprint density at radius 3 is 2.33 bits per heavy atom. The summed E-state index contributed by atoms with van der Waals surface area (Å²) in [6.45, 7) is 2.25. The van der Waals surface area contributed by atoms with Crippen molar-refractivity contribution in [3.05, 3.63) is 161 Å². The molecule has 3 heterocycles. The van der Waals surface area contributed by atoms with Gasteiger partial charge in [-0.15, -0.1) is 0 Å². The van der Waals surface area contributed by atoms with Gasteiger partial charge in [-0.2, -0.15) is 0 Å². The van der Waals surface area contributed by atoms with Crippen LogP contribution in [-0.2, 0) is 0 Å². The lowest BCUT2D eigenvalue weighted by atomic mass is 9.79. The van der Waals surface area contributed by atoms with Gasteiger partial charge >= 0.3 is 0 Å². The number of para-hydroxylation sites is 2. The molecule has 5 aromatic carbocycles. The molecule has 1 aliphatic carbocycles. The van der Waals surface area contributed by atoms with Crippen molar-refractivity contribution in [1.29, 1.82) is 0 Å². The Hall–Kier alpha value is -5.48.